The van der Waals surface area contributed by atoms with E-state index in [0.717, 1.165) is 6.54 Å². The van der Waals surface area contributed by atoms with E-state index in [1.165, 1.54) is 44.1 Å². The van der Waals surface area contributed by atoms with Gasteiger partial charge in [0.05, 0.1) is 0 Å². The SMILES string of the molecule is CCCCCCC1(C)NCCc2ccccc21. The zero-order chi connectivity index (χ0) is 12.1. The van der Waals surface area contributed by atoms with Crippen LogP contribution in [-0.4, -0.2) is 6.54 Å². The van der Waals surface area contributed by atoms with Crippen LogP contribution in [0.4, 0.5) is 0 Å². The Balaban J connectivity index is 2.05. The Labute approximate surface area is 106 Å². The minimum atomic E-state index is 0.211. The first-order valence-corrected chi connectivity index (χ1v) is 7.10. The van der Waals surface area contributed by atoms with E-state index < -0.39 is 0 Å². The van der Waals surface area contributed by atoms with Crippen molar-refractivity contribution in [1.29, 1.82) is 0 Å². The molecule has 94 valence electrons. The Morgan fingerprint density at radius 1 is 1.18 bits per heavy atom. The van der Waals surface area contributed by atoms with Gasteiger partial charge in [-0.25, -0.2) is 0 Å². The number of fused-ring (bicyclic) bond motifs is 1. The van der Waals surface area contributed by atoms with Gasteiger partial charge in [-0.3, -0.25) is 0 Å². The van der Waals surface area contributed by atoms with E-state index in [1.54, 1.807) is 5.56 Å². The van der Waals surface area contributed by atoms with Crippen LogP contribution in [0.2, 0.25) is 0 Å². The van der Waals surface area contributed by atoms with E-state index in [-0.39, 0.29) is 5.54 Å². The van der Waals surface area contributed by atoms with Crippen molar-refractivity contribution in [3.05, 3.63) is 35.4 Å². The first-order chi connectivity index (χ1) is 8.26. The highest BCUT2D eigenvalue weighted by Gasteiger charge is 2.30. The van der Waals surface area contributed by atoms with Gasteiger partial charge in [-0.1, -0.05) is 56.9 Å². The summed E-state index contributed by atoms with van der Waals surface area (Å²) in [4.78, 5) is 0. The number of benzene rings is 1. The molecule has 1 heterocycles. The van der Waals surface area contributed by atoms with Crippen LogP contribution >= 0.6 is 0 Å². The molecule has 17 heavy (non-hydrogen) atoms. The molecule has 1 aromatic carbocycles. The van der Waals surface area contributed by atoms with Gasteiger partial charge in [0.15, 0.2) is 0 Å². The van der Waals surface area contributed by atoms with Crippen LogP contribution in [0.1, 0.15) is 57.1 Å². The Hall–Kier alpha value is -0.820. The van der Waals surface area contributed by atoms with Crippen LogP contribution in [0, 0.1) is 0 Å². The lowest BCUT2D eigenvalue weighted by atomic mass is 9.80. The molecule has 1 nitrogen and oxygen atoms in total. The summed E-state index contributed by atoms with van der Waals surface area (Å²) < 4.78 is 0. The van der Waals surface area contributed by atoms with Crippen molar-refractivity contribution in [1.82, 2.24) is 5.32 Å². The molecule has 0 aromatic heterocycles. The summed E-state index contributed by atoms with van der Waals surface area (Å²) in [7, 11) is 0. The Kier molecular flexibility index (Phi) is 4.22. The van der Waals surface area contributed by atoms with Crippen LogP contribution < -0.4 is 5.32 Å². The highest BCUT2D eigenvalue weighted by atomic mass is 15.0. The van der Waals surface area contributed by atoms with Gasteiger partial charge in [0, 0.05) is 5.54 Å². The molecule has 0 amide bonds. The molecular weight excluding hydrogens is 206 g/mol. The Morgan fingerprint density at radius 2 is 2.00 bits per heavy atom. The summed E-state index contributed by atoms with van der Waals surface area (Å²) in [5.41, 5.74) is 3.29. The van der Waals surface area contributed by atoms with Gasteiger partial charge in [-0.15, -0.1) is 0 Å². The topological polar surface area (TPSA) is 12.0 Å². The predicted molar refractivity (Wildman–Crippen MR) is 74.3 cm³/mol. The van der Waals surface area contributed by atoms with Crippen molar-refractivity contribution in [2.45, 2.75) is 57.9 Å². The largest absolute Gasteiger partial charge is 0.307 e. The monoisotopic (exact) mass is 231 g/mol. The van der Waals surface area contributed by atoms with Gasteiger partial charge >= 0.3 is 0 Å². The summed E-state index contributed by atoms with van der Waals surface area (Å²) in [6.07, 6.45) is 7.85. The fourth-order valence-corrected chi connectivity index (χ4v) is 2.97. The van der Waals surface area contributed by atoms with Gasteiger partial charge in [0.25, 0.3) is 0 Å². The van der Waals surface area contributed by atoms with E-state index in [4.69, 9.17) is 0 Å². The van der Waals surface area contributed by atoms with Crippen molar-refractivity contribution in [2.75, 3.05) is 6.54 Å². The van der Waals surface area contributed by atoms with Crippen LogP contribution in [0.5, 0.6) is 0 Å². The van der Waals surface area contributed by atoms with E-state index >= 15 is 0 Å². The zero-order valence-electron chi connectivity index (χ0n) is 11.3. The molecule has 0 radical (unpaired) electrons. The van der Waals surface area contributed by atoms with E-state index in [0.29, 0.717) is 0 Å². The maximum Gasteiger partial charge on any atom is 0.0408 e. The highest BCUT2D eigenvalue weighted by molar-refractivity contribution is 5.35. The molecular formula is C16H25N. The number of nitrogens with one attached hydrogen (secondary N) is 1. The van der Waals surface area contributed by atoms with Crippen molar-refractivity contribution < 1.29 is 0 Å². The quantitative estimate of drug-likeness (QED) is 0.755. The standard InChI is InChI=1S/C16H25N/c1-3-4-5-8-12-16(2)15-10-7-6-9-14(15)11-13-17-16/h6-7,9-10,17H,3-5,8,11-13H2,1-2H3. The van der Waals surface area contributed by atoms with Crippen LogP contribution in [0.25, 0.3) is 0 Å². The average Bonchev–Trinajstić information content (AvgIpc) is 2.36. The molecule has 0 saturated heterocycles. The summed E-state index contributed by atoms with van der Waals surface area (Å²) >= 11 is 0. The molecule has 1 aromatic rings. The molecule has 0 fully saturated rings. The van der Waals surface area contributed by atoms with E-state index in [9.17, 15) is 0 Å². The molecule has 0 aliphatic carbocycles. The molecule has 1 heteroatoms. The summed E-state index contributed by atoms with van der Waals surface area (Å²) in [5.74, 6) is 0. The Bertz CT molecular complexity index is 358. The van der Waals surface area contributed by atoms with Crippen molar-refractivity contribution >= 4 is 0 Å². The summed E-state index contributed by atoms with van der Waals surface area (Å²) in [6, 6.07) is 8.94. The lowest BCUT2D eigenvalue weighted by molar-refractivity contribution is 0.311. The first-order valence-electron chi connectivity index (χ1n) is 7.10. The average molecular weight is 231 g/mol. The smallest absolute Gasteiger partial charge is 0.0408 e. The minimum absolute atomic E-state index is 0.211. The molecule has 1 atom stereocenters. The molecule has 2 rings (SSSR count). The molecule has 1 unspecified atom stereocenters. The van der Waals surface area contributed by atoms with Crippen molar-refractivity contribution in [3.63, 3.8) is 0 Å². The van der Waals surface area contributed by atoms with Crippen molar-refractivity contribution in [2.24, 2.45) is 0 Å². The van der Waals surface area contributed by atoms with Crippen LogP contribution in [-0.2, 0) is 12.0 Å². The number of rotatable bonds is 5. The maximum atomic E-state index is 3.73. The molecule has 1 aliphatic heterocycles. The molecule has 1 aliphatic rings. The second-order valence-electron chi connectivity index (χ2n) is 5.48. The van der Waals surface area contributed by atoms with Crippen molar-refractivity contribution in [3.8, 4) is 0 Å². The third-order valence-electron chi connectivity index (χ3n) is 4.05. The van der Waals surface area contributed by atoms with E-state index in [1.807, 2.05) is 0 Å². The fourth-order valence-electron chi connectivity index (χ4n) is 2.97. The van der Waals surface area contributed by atoms with Gasteiger partial charge in [-0.05, 0) is 37.4 Å². The molecule has 0 saturated carbocycles. The fraction of sp³-hybridized carbons (Fsp3) is 0.625. The zero-order valence-corrected chi connectivity index (χ0v) is 11.3. The molecule has 0 spiro atoms. The molecule has 0 bridgehead atoms. The van der Waals surface area contributed by atoms with Crippen LogP contribution in [0.15, 0.2) is 24.3 Å². The minimum Gasteiger partial charge on any atom is -0.307 e. The number of hydrogen-bond acceptors (Lipinski definition) is 1. The number of hydrogen-bond donors (Lipinski definition) is 1. The van der Waals surface area contributed by atoms with E-state index in [2.05, 4.69) is 43.4 Å². The normalized spacial score (nSPS) is 23.4. The first kappa shape index (κ1) is 12.6. The second kappa shape index (κ2) is 5.68. The van der Waals surface area contributed by atoms with Gasteiger partial charge in [0.2, 0.25) is 0 Å². The van der Waals surface area contributed by atoms with Gasteiger partial charge in [0.1, 0.15) is 0 Å². The second-order valence-corrected chi connectivity index (χ2v) is 5.48. The van der Waals surface area contributed by atoms with Gasteiger partial charge in [-0.2, -0.15) is 0 Å². The molecule has 1 N–H and O–H groups in total. The number of unbranched alkanes of at least 4 members (excludes halogenated alkanes) is 3. The third kappa shape index (κ3) is 2.90. The Morgan fingerprint density at radius 3 is 2.82 bits per heavy atom. The summed E-state index contributed by atoms with van der Waals surface area (Å²) in [6.45, 7) is 5.77. The lowest BCUT2D eigenvalue weighted by Crippen LogP contribution is -2.44. The maximum absolute atomic E-state index is 3.73. The predicted octanol–water partition coefficient (Wildman–Crippen LogP) is 4.02. The van der Waals surface area contributed by atoms with Gasteiger partial charge < -0.3 is 5.32 Å². The highest BCUT2D eigenvalue weighted by Crippen LogP contribution is 2.32. The van der Waals surface area contributed by atoms with Crippen LogP contribution in [0.3, 0.4) is 0 Å². The third-order valence-corrected chi connectivity index (χ3v) is 4.05. The summed E-state index contributed by atoms with van der Waals surface area (Å²) in [5, 5.41) is 3.73. The lowest BCUT2D eigenvalue weighted by Gasteiger charge is -2.37.